The third kappa shape index (κ3) is 15.8. The number of hydrogen-bond donors (Lipinski definition) is 0. The molecule has 4 heteroatoms. The van der Waals surface area contributed by atoms with Gasteiger partial charge in [0, 0.05) is 27.4 Å². The molecule has 0 heterocycles. The molecule has 0 N–H and O–H groups in total. The Balaban J connectivity index is 2.86. The average Bonchev–Trinajstić information content (AvgIpc) is 2.39. The lowest BCUT2D eigenvalue weighted by atomic mass is 10.1. The molecule has 0 saturated heterocycles. The molecule has 0 aliphatic heterocycles. The van der Waals surface area contributed by atoms with Crippen molar-refractivity contribution in [1.29, 1.82) is 0 Å². The van der Waals surface area contributed by atoms with E-state index in [1.165, 1.54) is 25.7 Å². The minimum absolute atomic E-state index is 0.697. The fourth-order valence-corrected chi connectivity index (χ4v) is 1.60. The maximum atomic E-state index is 5.40. The smallest absolute Gasteiger partial charge is 0.0700 e. The van der Waals surface area contributed by atoms with E-state index >= 15 is 0 Å². The Kier molecular flexibility index (Phi) is 16.7. The van der Waals surface area contributed by atoms with Gasteiger partial charge in [0.05, 0.1) is 26.4 Å². The first-order valence-electron chi connectivity index (χ1n) is 7.05. The van der Waals surface area contributed by atoms with E-state index < -0.39 is 0 Å². The van der Waals surface area contributed by atoms with E-state index in [2.05, 4.69) is 0 Å². The third-order valence-corrected chi connectivity index (χ3v) is 2.69. The topological polar surface area (TPSA) is 36.9 Å². The van der Waals surface area contributed by atoms with Crippen molar-refractivity contribution in [2.75, 3.05) is 53.9 Å². The zero-order valence-corrected chi connectivity index (χ0v) is 12.1. The molecule has 0 aromatic rings. The van der Waals surface area contributed by atoms with E-state index in [0.717, 1.165) is 39.3 Å². The van der Waals surface area contributed by atoms with Crippen molar-refractivity contribution in [3.05, 3.63) is 0 Å². The normalized spacial score (nSPS) is 11.0. The number of ether oxygens (including phenoxy) is 4. The van der Waals surface area contributed by atoms with Crippen molar-refractivity contribution in [3.8, 4) is 0 Å². The molecule has 0 unspecified atom stereocenters. The first-order valence-corrected chi connectivity index (χ1v) is 7.05. The third-order valence-electron chi connectivity index (χ3n) is 2.69. The summed E-state index contributed by atoms with van der Waals surface area (Å²) in [5, 5.41) is 0. The summed E-state index contributed by atoms with van der Waals surface area (Å²) in [6.07, 6.45) is 7.44. The highest BCUT2D eigenvalue weighted by molar-refractivity contribution is 4.45. The maximum absolute atomic E-state index is 5.40. The SMILES string of the molecule is COCCOCCCCCCCCOCCOC. The zero-order chi connectivity index (χ0) is 13.3. The van der Waals surface area contributed by atoms with Crippen molar-refractivity contribution in [2.45, 2.75) is 38.5 Å². The van der Waals surface area contributed by atoms with Gasteiger partial charge >= 0.3 is 0 Å². The molecule has 18 heavy (non-hydrogen) atoms. The summed E-state index contributed by atoms with van der Waals surface area (Å²) in [4.78, 5) is 0. The summed E-state index contributed by atoms with van der Waals surface area (Å²) in [6, 6.07) is 0. The van der Waals surface area contributed by atoms with Crippen LogP contribution in [0.5, 0.6) is 0 Å². The fraction of sp³-hybridized carbons (Fsp3) is 1.00. The number of hydrogen-bond acceptors (Lipinski definition) is 4. The van der Waals surface area contributed by atoms with Gasteiger partial charge in [-0.15, -0.1) is 0 Å². The summed E-state index contributed by atoms with van der Waals surface area (Å²) in [6.45, 7) is 4.56. The van der Waals surface area contributed by atoms with E-state index in [0.29, 0.717) is 13.2 Å². The lowest BCUT2D eigenvalue weighted by molar-refractivity contribution is 0.0673. The molecule has 0 aromatic heterocycles. The molecule has 0 atom stereocenters. The van der Waals surface area contributed by atoms with Crippen molar-refractivity contribution >= 4 is 0 Å². The van der Waals surface area contributed by atoms with Crippen molar-refractivity contribution < 1.29 is 18.9 Å². The van der Waals surface area contributed by atoms with Gasteiger partial charge in [-0.3, -0.25) is 0 Å². The molecule has 110 valence electrons. The van der Waals surface area contributed by atoms with Gasteiger partial charge in [-0.2, -0.15) is 0 Å². The highest BCUT2D eigenvalue weighted by atomic mass is 16.5. The Morgan fingerprint density at radius 2 is 0.833 bits per heavy atom. The number of methoxy groups -OCH3 is 2. The van der Waals surface area contributed by atoms with Crippen LogP contribution in [0.2, 0.25) is 0 Å². The summed E-state index contributed by atoms with van der Waals surface area (Å²) >= 11 is 0. The molecule has 0 fully saturated rings. The largest absolute Gasteiger partial charge is 0.382 e. The quantitative estimate of drug-likeness (QED) is 0.425. The van der Waals surface area contributed by atoms with E-state index in [1.807, 2.05) is 0 Å². The Morgan fingerprint density at radius 1 is 0.444 bits per heavy atom. The standard InChI is InChI=1S/C14H30O4/c1-15-11-13-17-9-7-5-3-4-6-8-10-18-14-12-16-2/h3-14H2,1-2H3. The minimum Gasteiger partial charge on any atom is -0.382 e. The van der Waals surface area contributed by atoms with Gasteiger partial charge < -0.3 is 18.9 Å². The van der Waals surface area contributed by atoms with Crippen molar-refractivity contribution in [2.24, 2.45) is 0 Å². The van der Waals surface area contributed by atoms with Crippen molar-refractivity contribution in [1.82, 2.24) is 0 Å². The predicted octanol–water partition coefficient (Wildman–Crippen LogP) is 2.65. The molecule has 0 saturated carbocycles. The first kappa shape index (κ1) is 17.8. The first-order chi connectivity index (χ1) is 8.91. The molecule has 0 spiro atoms. The number of rotatable bonds is 15. The van der Waals surface area contributed by atoms with Gasteiger partial charge in [0.25, 0.3) is 0 Å². The van der Waals surface area contributed by atoms with Gasteiger partial charge in [-0.1, -0.05) is 25.7 Å². The lowest BCUT2D eigenvalue weighted by Gasteiger charge is -2.04. The molecule has 0 aromatic carbocycles. The van der Waals surface area contributed by atoms with Crippen LogP contribution in [0.3, 0.4) is 0 Å². The fourth-order valence-electron chi connectivity index (χ4n) is 1.60. The van der Waals surface area contributed by atoms with E-state index in [9.17, 15) is 0 Å². The molecule has 0 amide bonds. The van der Waals surface area contributed by atoms with Gasteiger partial charge in [0.2, 0.25) is 0 Å². The second-order valence-electron chi connectivity index (χ2n) is 4.33. The second kappa shape index (κ2) is 16.8. The maximum Gasteiger partial charge on any atom is 0.0700 e. The molecule has 4 nitrogen and oxygen atoms in total. The summed E-state index contributed by atoms with van der Waals surface area (Å²) in [5.74, 6) is 0. The molecule has 0 aliphatic carbocycles. The van der Waals surface area contributed by atoms with Crippen LogP contribution in [0.1, 0.15) is 38.5 Å². The molecule has 0 bridgehead atoms. The van der Waals surface area contributed by atoms with Crippen LogP contribution in [-0.4, -0.2) is 53.9 Å². The van der Waals surface area contributed by atoms with Gasteiger partial charge in [-0.05, 0) is 12.8 Å². The van der Waals surface area contributed by atoms with Crippen molar-refractivity contribution in [3.63, 3.8) is 0 Å². The Bertz CT molecular complexity index is 126. The Labute approximate surface area is 112 Å². The monoisotopic (exact) mass is 262 g/mol. The Morgan fingerprint density at radius 3 is 1.22 bits per heavy atom. The summed E-state index contributed by atoms with van der Waals surface area (Å²) in [7, 11) is 3.39. The lowest BCUT2D eigenvalue weighted by Crippen LogP contribution is -2.03. The van der Waals surface area contributed by atoms with E-state index in [-0.39, 0.29) is 0 Å². The van der Waals surface area contributed by atoms with Gasteiger partial charge in [0.1, 0.15) is 0 Å². The Hall–Kier alpha value is -0.160. The highest BCUT2D eigenvalue weighted by Gasteiger charge is 1.93. The predicted molar refractivity (Wildman–Crippen MR) is 73.1 cm³/mol. The molecular formula is C14H30O4. The second-order valence-corrected chi connectivity index (χ2v) is 4.33. The molecule has 0 rings (SSSR count). The zero-order valence-electron chi connectivity index (χ0n) is 12.1. The van der Waals surface area contributed by atoms with E-state index in [4.69, 9.17) is 18.9 Å². The number of unbranched alkanes of at least 4 members (excludes halogenated alkanes) is 5. The van der Waals surface area contributed by atoms with Crippen LogP contribution in [0.15, 0.2) is 0 Å². The van der Waals surface area contributed by atoms with Crippen LogP contribution in [-0.2, 0) is 18.9 Å². The summed E-state index contributed by atoms with van der Waals surface area (Å²) < 4.78 is 20.6. The summed E-state index contributed by atoms with van der Waals surface area (Å²) in [5.41, 5.74) is 0. The van der Waals surface area contributed by atoms with Crippen LogP contribution < -0.4 is 0 Å². The minimum atomic E-state index is 0.697. The van der Waals surface area contributed by atoms with Crippen LogP contribution in [0.25, 0.3) is 0 Å². The van der Waals surface area contributed by atoms with Crippen LogP contribution >= 0.6 is 0 Å². The van der Waals surface area contributed by atoms with Crippen LogP contribution in [0, 0.1) is 0 Å². The van der Waals surface area contributed by atoms with E-state index in [1.54, 1.807) is 14.2 Å². The average molecular weight is 262 g/mol. The molecule has 0 aliphatic rings. The highest BCUT2D eigenvalue weighted by Crippen LogP contribution is 2.05. The van der Waals surface area contributed by atoms with Gasteiger partial charge in [0.15, 0.2) is 0 Å². The van der Waals surface area contributed by atoms with Crippen LogP contribution in [0.4, 0.5) is 0 Å². The molecule has 0 radical (unpaired) electrons. The van der Waals surface area contributed by atoms with Gasteiger partial charge in [-0.25, -0.2) is 0 Å². The molecular weight excluding hydrogens is 232 g/mol.